The van der Waals surface area contributed by atoms with Crippen molar-refractivity contribution in [3.8, 4) is 11.4 Å². The molecule has 0 aliphatic carbocycles. The molecule has 0 atom stereocenters. The van der Waals surface area contributed by atoms with E-state index in [4.69, 9.17) is 16.1 Å². The van der Waals surface area contributed by atoms with E-state index in [9.17, 15) is 4.79 Å². The number of nitrogens with one attached hydrogen (secondary N) is 2. The fraction of sp³-hybridized carbons (Fsp3) is 0.227. The van der Waals surface area contributed by atoms with E-state index in [0.29, 0.717) is 39.8 Å². The molecule has 0 aliphatic heterocycles. The average molecular weight is 469 g/mol. The molecule has 32 heavy (non-hydrogen) atoms. The van der Waals surface area contributed by atoms with Crippen LogP contribution in [-0.4, -0.2) is 31.2 Å². The van der Waals surface area contributed by atoms with E-state index < -0.39 is 0 Å². The zero-order valence-electron chi connectivity index (χ0n) is 17.6. The van der Waals surface area contributed by atoms with Crippen LogP contribution in [0.25, 0.3) is 11.4 Å². The van der Waals surface area contributed by atoms with Crippen molar-refractivity contribution in [2.75, 3.05) is 5.32 Å². The molecule has 2 heterocycles. The number of aryl methyl sites for hydroxylation is 3. The molecule has 0 saturated heterocycles. The van der Waals surface area contributed by atoms with Gasteiger partial charge in [0.15, 0.2) is 11.6 Å². The summed E-state index contributed by atoms with van der Waals surface area (Å²) in [5.74, 6) is 1.97. The molecule has 0 bridgehead atoms. The van der Waals surface area contributed by atoms with Crippen molar-refractivity contribution in [3.05, 3.63) is 70.3 Å². The minimum Gasteiger partial charge on any atom is -0.339 e. The lowest BCUT2D eigenvalue weighted by Gasteiger charge is -2.06. The average Bonchev–Trinajstić information content (AvgIpc) is 3.43. The number of carbonyl (C=O) groups is 1. The molecule has 2 aromatic heterocycles. The van der Waals surface area contributed by atoms with E-state index in [-0.39, 0.29) is 12.3 Å². The van der Waals surface area contributed by atoms with Crippen molar-refractivity contribution in [3.63, 3.8) is 0 Å². The molecule has 0 spiro atoms. The van der Waals surface area contributed by atoms with E-state index in [0.717, 1.165) is 22.5 Å². The molecular weight excluding hydrogens is 448 g/mol. The Morgan fingerprint density at radius 1 is 1.16 bits per heavy atom. The van der Waals surface area contributed by atoms with Crippen molar-refractivity contribution in [2.24, 2.45) is 0 Å². The quantitative estimate of drug-likeness (QED) is 0.350. The van der Waals surface area contributed by atoms with Gasteiger partial charge in [0.2, 0.25) is 17.0 Å². The maximum Gasteiger partial charge on any atom is 0.227 e. The molecule has 2 aromatic carbocycles. The van der Waals surface area contributed by atoms with Gasteiger partial charge in [0.1, 0.15) is 0 Å². The second-order valence-corrected chi connectivity index (χ2v) is 8.54. The van der Waals surface area contributed by atoms with E-state index in [2.05, 4.69) is 30.6 Å². The summed E-state index contributed by atoms with van der Waals surface area (Å²) in [6, 6.07) is 13.4. The number of nitrogens with zero attached hydrogens (tertiary/aromatic N) is 4. The minimum atomic E-state index is -0.150. The molecule has 4 aromatic rings. The molecular formula is C22H21ClN6O2S. The number of H-pyrrole nitrogens is 1. The lowest BCUT2D eigenvalue weighted by molar-refractivity contribution is -0.116. The molecule has 0 radical (unpaired) electrons. The monoisotopic (exact) mass is 468 g/mol. The number of amides is 1. The van der Waals surface area contributed by atoms with Crippen LogP contribution in [0.2, 0.25) is 5.02 Å². The van der Waals surface area contributed by atoms with Crippen molar-refractivity contribution >= 4 is 35.0 Å². The number of anilines is 1. The van der Waals surface area contributed by atoms with Crippen LogP contribution < -0.4 is 5.32 Å². The lowest BCUT2D eigenvalue weighted by Crippen LogP contribution is -2.12. The van der Waals surface area contributed by atoms with Gasteiger partial charge in [0, 0.05) is 29.1 Å². The summed E-state index contributed by atoms with van der Waals surface area (Å²) in [5.41, 5.74) is 3.75. The summed E-state index contributed by atoms with van der Waals surface area (Å²) < 4.78 is 5.25. The highest BCUT2D eigenvalue weighted by molar-refractivity contribution is 7.98. The van der Waals surface area contributed by atoms with Crippen LogP contribution in [0.15, 0.2) is 52.1 Å². The number of halogens is 1. The van der Waals surface area contributed by atoms with Gasteiger partial charge in [-0.15, -0.1) is 5.10 Å². The SMILES string of the molecule is Cc1ccc(NC(=O)CCc2nc(CSc3n[nH]c(-c4ccccc4C)n3)no2)cc1Cl. The van der Waals surface area contributed by atoms with Crippen LogP contribution in [0, 0.1) is 13.8 Å². The Hall–Kier alpha value is -3.17. The van der Waals surface area contributed by atoms with Gasteiger partial charge in [0.05, 0.1) is 5.75 Å². The van der Waals surface area contributed by atoms with Crippen LogP contribution in [-0.2, 0) is 17.0 Å². The maximum atomic E-state index is 12.2. The molecule has 8 nitrogen and oxygen atoms in total. The van der Waals surface area contributed by atoms with Gasteiger partial charge in [-0.2, -0.15) is 4.98 Å². The maximum absolute atomic E-state index is 12.2. The summed E-state index contributed by atoms with van der Waals surface area (Å²) in [6.07, 6.45) is 0.572. The highest BCUT2D eigenvalue weighted by Crippen LogP contribution is 2.24. The molecule has 164 valence electrons. The van der Waals surface area contributed by atoms with Crippen molar-refractivity contribution in [2.45, 2.75) is 37.6 Å². The predicted molar refractivity (Wildman–Crippen MR) is 124 cm³/mol. The smallest absolute Gasteiger partial charge is 0.227 e. The number of benzene rings is 2. The topological polar surface area (TPSA) is 110 Å². The molecule has 0 fully saturated rings. The third kappa shape index (κ3) is 5.54. The third-order valence-corrected chi connectivity index (χ3v) is 5.98. The fourth-order valence-electron chi connectivity index (χ4n) is 2.96. The largest absolute Gasteiger partial charge is 0.339 e. The van der Waals surface area contributed by atoms with Crippen molar-refractivity contribution in [1.82, 2.24) is 25.3 Å². The van der Waals surface area contributed by atoms with Gasteiger partial charge >= 0.3 is 0 Å². The van der Waals surface area contributed by atoms with E-state index in [1.165, 1.54) is 11.8 Å². The van der Waals surface area contributed by atoms with Crippen LogP contribution in [0.3, 0.4) is 0 Å². The Morgan fingerprint density at radius 2 is 2.00 bits per heavy atom. The molecule has 4 rings (SSSR count). The summed E-state index contributed by atoms with van der Waals surface area (Å²) in [5, 5.41) is 15.2. The summed E-state index contributed by atoms with van der Waals surface area (Å²) in [7, 11) is 0. The van der Waals surface area contributed by atoms with E-state index in [1.54, 1.807) is 6.07 Å². The van der Waals surface area contributed by atoms with Crippen LogP contribution in [0.1, 0.15) is 29.3 Å². The van der Waals surface area contributed by atoms with Gasteiger partial charge in [-0.25, -0.2) is 4.98 Å². The second-order valence-electron chi connectivity index (χ2n) is 7.19. The Labute approximate surface area is 194 Å². The number of thioether (sulfide) groups is 1. The predicted octanol–water partition coefficient (Wildman–Crippen LogP) is 4.99. The first-order valence-electron chi connectivity index (χ1n) is 9.96. The summed E-state index contributed by atoms with van der Waals surface area (Å²) in [4.78, 5) is 21.0. The number of hydrogen-bond acceptors (Lipinski definition) is 7. The normalized spacial score (nSPS) is 11.0. The molecule has 0 saturated carbocycles. The van der Waals surface area contributed by atoms with Crippen molar-refractivity contribution in [1.29, 1.82) is 0 Å². The van der Waals surface area contributed by atoms with Gasteiger partial charge in [0.25, 0.3) is 0 Å². The van der Waals surface area contributed by atoms with Gasteiger partial charge in [-0.1, -0.05) is 58.9 Å². The van der Waals surface area contributed by atoms with Crippen LogP contribution in [0.5, 0.6) is 0 Å². The highest BCUT2D eigenvalue weighted by atomic mass is 35.5. The fourth-order valence-corrected chi connectivity index (χ4v) is 3.79. The van der Waals surface area contributed by atoms with Gasteiger partial charge in [-0.05, 0) is 37.1 Å². The zero-order chi connectivity index (χ0) is 22.5. The van der Waals surface area contributed by atoms with E-state index >= 15 is 0 Å². The first-order chi connectivity index (χ1) is 15.5. The first-order valence-corrected chi connectivity index (χ1v) is 11.3. The van der Waals surface area contributed by atoms with Crippen molar-refractivity contribution < 1.29 is 9.32 Å². The van der Waals surface area contributed by atoms with Gasteiger partial charge in [-0.3, -0.25) is 9.89 Å². The Bertz CT molecular complexity index is 1240. The minimum absolute atomic E-state index is 0.150. The number of aromatic nitrogens is 5. The molecule has 0 unspecified atom stereocenters. The first kappa shape index (κ1) is 22.0. The number of aromatic amines is 1. The Balaban J connectivity index is 1.27. The van der Waals surface area contributed by atoms with Gasteiger partial charge < -0.3 is 9.84 Å². The number of carbonyl (C=O) groups excluding carboxylic acids is 1. The number of rotatable bonds is 8. The standard InChI is InChI=1S/C22H21ClN6O2S/c1-13-5-3-4-6-16(13)21-26-22(28-27-21)32-12-18-25-20(31-29-18)10-9-19(30)24-15-8-7-14(2)17(23)11-15/h3-8,11H,9-10,12H2,1-2H3,(H,24,30)(H,26,27,28). The molecule has 10 heteroatoms. The third-order valence-electron chi connectivity index (χ3n) is 4.73. The van der Waals surface area contributed by atoms with Crippen LogP contribution in [0.4, 0.5) is 5.69 Å². The highest BCUT2D eigenvalue weighted by Gasteiger charge is 2.13. The molecule has 2 N–H and O–H groups in total. The summed E-state index contributed by atoms with van der Waals surface area (Å²) >= 11 is 7.50. The molecule has 0 aliphatic rings. The van der Waals surface area contributed by atoms with E-state index in [1.807, 2.05) is 50.2 Å². The zero-order valence-corrected chi connectivity index (χ0v) is 19.1. The summed E-state index contributed by atoms with van der Waals surface area (Å²) in [6.45, 7) is 3.94. The Kier molecular flexibility index (Phi) is 6.87. The Morgan fingerprint density at radius 3 is 2.81 bits per heavy atom. The molecule has 1 amide bonds. The number of hydrogen-bond donors (Lipinski definition) is 2. The second kappa shape index (κ2) is 9.97. The van der Waals surface area contributed by atoms with Crippen LogP contribution >= 0.6 is 23.4 Å². The lowest BCUT2D eigenvalue weighted by atomic mass is 10.1.